The molecule has 2 aromatic carbocycles. The van der Waals surface area contributed by atoms with Gasteiger partial charge in [-0.15, -0.1) is 4.73 Å². The maximum atomic E-state index is 13.9. The monoisotopic (exact) mass is 491 g/mol. The minimum absolute atomic E-state index is 0.0327. The van der Waals surface area contributed by atoms with Crippen LogP contribution >= 0.6 is 0 Å². The fourth-order valence-electron chi connectivity index (χ4n) is 4.02. The van der Waals surface area contributed by atoms with E-state index in [-0.39, 0.29) is 52.1 Å². The van der Waals surface area contributed by atoms with Crippen molar-refractivity contribution in [2.24, 2.45) is 0 Å². The second kappa shape index (κ2) is 10.5. The van der Waals surface area contributed by atoms with Crippen LogP contribution in [0.15, 0.2) is 65.6 Å². The lowest BCUT2D eigenvalue weighted by molar-refractivity contribution is -0.118. The van der Waals surface area contributed by atoms with Gasteiger partial charge in [0.25, 0.3) is 5.56 Å². The fraction of sp³-hybridized carbons (Fsp3) is 0.185. The van der Waals surface area contributed by atoms with Crippen molar-refractivity contribution in [3.63, 3.8) is 0 Å². The highest BCUT2D eigenvalue weighted by atomic mass is 19.1. The van der Waals surface area contributed by atoms with Crippen molar-refractivity contribution < 1.29 is 23.6 Å². The van der Waals surface area contributed by atoms with Gasteiger partial charge in [-0.25, -0.2) is 13.8 Å². The van der Waals surface area contributed by atoms with Gasteiger partial charge in [0.05, 0.1) is 5.69 Å². The van der Waals surface area contributed by atoms with Gasteiger partial charge in [0.2, 0.25) is 0 Å². The normalized spacial score (nSPS) is 11.1. The number of halogens is 2. The SMILES string of the molecule is Nc1c(C(=O)CCc2ccc(F)cc2F)c(=O)n(O)c2ncc(CCC(=O)Cc3ccccc3)cc12. The number of pyridine rings is 2. The molecule has 0 saturated heterocycles. The smallest absolute Gasteiger partial charge is 0.297 e. The number of anilines is 1. The molecule has 4 aromatic rings. The molecule has 0 fully saturated rings. The van der Waals surface area contributed by atoms with Crippen molar-refractivity contribution in [3.05, 3.63) is 105 Å². The van der Waals surface area contributed by atoms with Crippen molar-refractivity contribution in [1.82, 2.24) is 9.71 Å². The summed E-state index contributed by atoms with van der Waals surface area (Å²) in [5.74, 6) is -2.21. The Kier molecular flexibility index (Phi) is 7.19. The van der Waals surface area contributed by atoms with E-state index in [1.54, 1.807) is 6.07 Å². The molecule has 36 heavy (non-hydrogen) atoms. The summed E-state index contributed by atoms with van der Waals surface area (Å²) in [4.78, 5) is 42.0. The number of aromatic nitrogens is 2. The van der Waals surface area contributed by atoms with E-state index in [0.717, 1.165) is 11.6 Å². The third kappa shape index (κ3) is 5.30. The lowest BCUT2D eigenvalue weighted by Crippen LogP contribution is -2.28. The number of carbonyl (C=O) groups is 2. The minimum atomic E-state index is -1.04. The van der Waals surface area contributed by atoms with Crippen LogP contribution in [0.4, 0.5) is 14.5 Å². The molecule has 0 bridgehead atoms. The highest BCUT2D eigenvalue weighted by molar-refractivity contribution is 6.06. The zero-order valence-electron chi connectivity index (χ0n) is 19.2. The van der Waals surface area contributed by atoms with Gasteiger partial charge in [0.15, 0.2) is 11.4 Å². The van der Waals surface area contributed by atoms with Crippen molar-refractivity contribution >= 4 is 28.3 Å². The highest BCUT2D eigenvalue weighted by Gasteiger charge is 2.22. The molecule has 184 valence electrons. The quantitative estimate of drug-likeness (QED) is 0.270. The van der Waals surface area contributed by atoms with Crippen LogP contribution in [0.3, 0.4) is 0 Å². The zero-order chi connectivity index (χ0) is 25.8. The number of ketones is 2. The molecule has 0 atom stereocenters. The van der Waals surface area contributed by atoms with Crippen LogP contribution in [-0.4, -0.2) is 26.5 Å². The lowest BCUT2D eigenvalue weighted by atomic mass is 9.99. The first-order valence-electron chi connectivity index (χ1n) is 11.3. The van der Waals surface area contributed by atoms with Crippen LogP contribution in [0.25, 0.3) is 11.0 Å². The number of Topliss-reactive ketones (excluding diaryl/α,β-unsaturated/α-hetero) is 2. The number of benzene rings is 2. The fourth-order valence-corrected chi connectivity index (χ4v) is 4.02. The standard InChI is InChI=1S/C27H23F2N3O4/c28-19-9-7-18(22(29)14-19)8-11-23(34)24-25(30)21-13-17(15-31-26(21)32(36)27(24)35)6-10-20(33)12-16-4-2-1-3-5-16/h1-5,7,9,13-15,36H,6,8,10-12,30H2. The summed E-state index contributed by atoms with van der Waals surface area (Å²) in [5, 5.41) is 10.5. The minimum Gasteiger partial charge on any atom is -0.423 e. The van der Waals surface area contributed by atoms with Gasteiger partial charge in [0, 0.05) is 36.9 Å². The average molecular weight is 491 g/mol. The molecule has 9 heteroatoms. The summed E-state index contributed by atoms with van der Waals surface area (Å²) in [6.07, 6.45) is 1.96. The van der Waals surface area contributed by atoms with Crippen LogP contribution in [0.1, 0.15) is 39.9 Å². The molecule has 0 aliphatic rings. The summed E-state index contributed by atoms with van der Waals surface area (Å²) >= 11 is 0. The predicted molar refractivity (Wildman–Crippen MR) is 130 cm³/mol. The molecule has 4 rings (SSSR count). The van der Waals surface area contributed by atoms with Gasteiger partial charge < -0.3 is 10.9 Å². The van der Waals surface area contributed by atoms with E-state index >= 15 is 0 Å². The highest BCUT2D eigenvalue weighted by Crippen LogP contribution is 2.24. The molecule has 2 heterocycles. The number of hydrogen-bond donors (Lipinski definition) is 2. The van der Waals surface area contributed by atoms with E-state index in [1.165, 1.54) is 12.3 Å². The van der Waals surface area contributed by atoms with Gasteiger partial charge in [-0.3, -0.25) is 14.4 Å². The van der Waals surface area contributed by atoms with E-state index < -0.39 is 28.5 Å². The van der Waals surface area contributed by atoms with E-state index in [0.29, 0.717) is 24.5 Å². The number of aryl methyl sites for hydroxylation is 2. The maximum Gasteiger partial charge on any atom is 0.297 e. The molecular weight excluding hydrogens is 468 g/mol. The number of nitrogen functional groups attached to an aromatic ring is 1. The Bertz CT molecular complexity index is 1520. The Morgan fingerprint density at radius 1 is 0.972 bits per heavy atom. The Balaban J connectivity index is 1.55. The van der Waals surface area contributed by atoms with Crippen molar-refractivity contribution in [2.75, 3.05) is 5.73 Å². The first kappa shape index (κ1) is 24.7. The molecule has 7 nitrogen and oxygen atoms in total. The number of rotatable bonds is 9. The van der Waals surface area contributed by atoms with Gasteiger partial charge in [-0.05, 0) is 41.7 Å². The van der Waals surface area contributed by atoms with Crippen molar-refractivity contribution in [3.8, 4) is 0 Å². The summed E-state index contributed by atoms with van der Waals surface area (Å²) < 4.78 is 27.3. The van der Waals surface area contributed by atoms with Crippen LogP contribution in [0.5, 0.6) is 0 Å². The summed E-state index contributed by atoms with van der Waals surface area (Å²) in [5.41, 5.74) is 6.06. The second-order valence-electron chi connectivity index (χ2n) is 8.48. The van der Waals surface area contributed by atoms with E-state index in [1.807, 2.05) is 30.3 Å². The molecule has 0 amide bonds. The molecule has 0 saturated carbocycles. The molecule has 0 unspecified atom stereocenters. The van der Waals surface area contributed by atoms with Crippen LogP contribution in [0.2, 0.25) is 0 Å². The predicted octanol–water partition coefficient (Wildman–Crippen LogP) is 4.05. The Hall–Kier alpha value is -4.40. The maximum absolute atomic E-state index is 13.9. The summed E-state index contributed by atoms with van der Waals surface area (Å²) in [6.45, 7) is 0. The Labute approximate surface area is 204 Å². The second-order valence-corrected chi connectivity index (χ2v) is 8.48. The van der Waals surface area contributed by atoms with E-state index in [2.05, 4.69) is 4.98 Å². The first-order chi connectivity index (χ1) is 17.2. The van der Waals surface area contributed by atoms with E-state index in [9.17, 15) is 28.4 Å². The molecule has 0 spiro atoms. The number of carbonyl (C=O) groups excluding carboxylic acids is 2. The molecule has 2 aromatic heterocycles. The number of hydrogen-bond acceptors (Lipinski definition) is 6. The molecule has 3 N–H and O–H groups in total. The molecule has 0 aliphatic heterocycles. The van der Waals surface area contributed by atoms with Crippen LogP contribution < -0.4 is 11.3 Å². The van der Waals surface area contributed by atoms with Crippen molar-refractivity contribution in [1.29, 1.82) is 0 Å². The van der Waals surface area contributed by atoms with Gasteiger partial charge in [0.1, 0.15) is 23.0 Å². The largest absolute Gasteiger partial charge is 0.423 e. The molecule has 0 aliphatic carbocycles. The first-order valence-corrected chi connectivity index (χ1v) is 11.3. The lowest BCUT2D eigenvalue weighted by Gasteiger charge is -2.12. The number of fused-ring (bicyclic) bond motifs is 1. The third-order valence-electron chi connectivity index (χ3n) is 5.94. The van der Waals surface area contributed by atoms with Crippen LogP contribution in [0, 0.1) is 11.6 Å². The van der Waals surface area contributed by atoms with Gasteiger partial charge >= 0.3 is 0 Å². The molecular formula is C27H23F2N3O4. The Morgan fingerprint density at radius 3 is 2.44 bits per heavy atom. The Morgan fingerprint density at radius 2 is 1.72 bits per heavy atom. The molecule has 0 radical (unpaired) electrons. The number of nitrogens with two attached hydrogens (primary N) is 1. The zero-order valence-corrected chi connectivity index (χ0v) is 19.2. The van der Waals surface area contributed by atoms with Crippen molar-refractivity contribution in [2.45, 2.75) is 32.1 Å². The van der Waals surface area contributed by atoms with E-state index in [4.69, 9.17) is 5.73 Å². The summed E-state index contributed by atoms with van der Waals surface area (Å²) in [7, 11) is 0. The number of nitrogens with zero attached hydrogens (tertiary/aromatic N) is 2. The van der Waals surface area contributed by atoms with Gasteiger partial charge in [-0.1, -0.05) is 36.4 Å². The topological polar surface area (TPSA) is 115 Å². The van der Waals surface area contributed by atoms with Crippen LogP contribution in [-0.2, 0) is 24.1 Å². The average Bonchev–Trinajstić information content (AvgIpc) is 2.86. The van der Waals surface area contributed by atoms with Gasteiger partial charge in [-0.2, -0.15) is 0 Å². The summed E-state index contributed by atoms with van der Waals surface area (Å²) in [6, 6.07) is 13.9. The third-order valence-corrected chi connectivity index (χ3v) is 5.94.